The Labute approximate surface area is 128 Å². The SMILES string of the molecule is O=S(=O)(NCCc1cccs1)c1ccc2ccccc2c1. The summed E-state index contributed by atoms with van der Waals surface area (Å²) in [5.74, 6) is 0. The zero-order chi connectivity index (χ0) is 14.7. The second-order valence-corrected chi connectivity index (χ2v) is 7.54. The monoisotopic (exact) mass is 317 g/mol. The third kappa shape index (κ3) is 3.32. The first-order valence-electron chi connectivity index (χ1n) is 6.66. The lowest BCUT2D eigenvalue weighted by molar-refractivity contribution is 0.582. The highest BCUT2D eigenvalue weighted by molar-refractivity contribution is 7.89. The molecular formula is C16H15NO2S2. The molecule has 0 radical (unpaired) electrons. The summed E-state index contributed by atoms with van der Waals surface area (Å²) in [5.41, 5.74) is 0. The van der Waals surface area contributed by atoms with Crippen molar-refractivity contribution < 1.29 is 8.42 Å². The molecule has 5 heteroatoms. The fourth-order valence-electron chi connectivity index (χ4n) is 2.18. The molecule has 0 fully saturated rings. The van der Waals surface area contributed by atoms with Crippen LogP contribution in [0.1, 0.15) is 4.88 Å². The van der Waals surface area contributed by atoms with Gasteiger partial charge in [-0.1, -0.05) is 36.4 Å². The Morgan fingerprint density at radius 1 is 0.952 bits per heavy atom. The smallest absolute Gasteiger partial charge is 0.211 e. The molecule has 0 saturated carbocycles. The maximum atomic E-state index is 12.3. The van der Waals surface area contributed by atoms with E-state index in [-0.39, 0.29) is 0 Å². The maximum absolute atomic E-state index is 12.3. The molecule has 1 heterocycles. The highest BCUT2D eigenvalue weighted by Gasteiger charge is 2.13. The Kier molecular flexibility index (Phi) is 4.05. The molecule has 0 aliphatic heterocycles. The molecule has 21 heavy (non-hydrogen) atoms. The summed E-state index contributed by atoms with van der Waals surface area (Å²) < 4.78 is 27.3. The molecule has 0 aliphatic rings. The molecule has 0 unspecified atom stereocenters. The van der Waals surface area contributed by atoms with Gasteiger partial charge in [0.1, 0.15) is 0 Å². The molecule has 0 aliphatic carbocycles. The first kappa shape index (κ1) is 14.3. The third-order valence-corrected chi connectivity index (χ3v) is 5.67. The number of sulfonamides is 1. The summed E-state index contributed by atoms with van der Waals surface area (Å²) in [4.78, 5) is 1.49. The van der Waals surface area contributed by atoms with Crippen molar-refractivity contribution in [3.05, 3.63) is 64.9 Å². The van der Waals surface area contributed by atoms with Gasteiger partial charge in [0.05, 0.1) is 4.90 Å². The molecule has 0 spiro atoms. The van der Waals surface area contributed by atoms with Crippen LogP contribution in [0.2, 0.25) is 0 Å². The Hall–Kier alpha value is -1.69. The molecule has 3 nitrogen and oxygen atoms in total. The van der Waals surface area contributed by atoms with Gasteiger partial charge < -0.3 is 0 Å². The van der Waals surface area contributed by atoms with Crippen molar-refractivity contribution >= 4 is 32.1 Å². The van der Waals surface area contributed by atoms with Crippen LogP contribution in [0, 0.1) is 0 Å². The number of rotatable bonds is 5. The standard InChI is InChI=1S/C16H15NO2S2/c18-21(19,17-10-9-15-6-3-11-20-15)16-8-7-13-4-1-2-5-14(13)12-16/h1-8,11-12,17H,9-10H2. The summed E-state index contributed by atoms with van der Waals surface area (Å²) in [5, 5.41) is 3.96. The van der Waals surface area contributed by atoms with Gasteiger partial charge in [-0.25, -0.2) is 13.1 Å². The van der Waals surface area contributed by atoms with Crippen molar-refractivity contribution in [2.24, 2.45) is 0 Å². The first-order chi connectivity index (χ1) is 10.1. The van der Waals surface area contributed by atoms with Gasteiger partial charge in [-0.3, -0.25) is 0 Å². The summed E-state index contributed by atoms with van der Waals surface area (Å²) in [6.07, 6.45) is 0.713. The van der Waals surface area contributed by atoms with E-state index in [1.807, 2.05) is 47.8 Å². The van der Waals surface area contributed by atoms with E-state index in [1.165, 1.54) is 4.88 Å². The van der Waals surface area contributed by atoms with E-state index in [0.29, 0.717) is 17.9 Å². The van der Waals surface area contributed by atoms with Crippen LogP contribution in [-0.4, -0.2) is 15.0 Å². The first-order valence-corrected chi connectivity index (χ1v) is 9.02. The van der Waals surface area contributed by atoms with Crippen molar-refractivity contribution in [2.75, 3.05) is 6.54 Å². The van der Waals surface area contributed by atoms with Crippen molar-refractivity contribution in [2.45, 2.75) is 11.3 Å². The summed E-state index contributed by atoms with van der Waals surface area (Å²) >= 11 is 1.64. The minimum absolute atomic E-state index is 0.312. The van der Waals surface area contributed by atoms with Gasteiger partial charge in [-0.15, -0.1) is 11.3 Å². The third-order valence-electron chi connectivity index (χ3n) is 3.27. The summed E-state index contributed by atoms with van der Waals surface area (Å²) in [6, 6.07) is 16.9. The van der Waals surface area contributed by atoms with Gasteiger partial charge in [0.25, 0.3) is 0 Å². The van der Waals surface area contributed by atoms with Crippen molar-refractivity contribution in [1.29, 1.82) is 0 Å². The Morgan fingerprint density at radius 2 is 1.76 bits per heavy atom. The van der Waals surface area contributed by atoms with E-state index in [0.717, 1.165) is 10.8 Å². The van der Waals surface area contributed by atoms with E-state index in [1.54, 1.807) is 23.5 Å². The molecule has 0 atom stereocenters. The molecule has 0 bridgehead atoms. The lowest BCUT2D eigenvalue weighted by Gasteiger charge is -2.07. The Bertz CT molecular complexity index is 840. The predicted molar refractivity (Wildman–Crippen MR) is 87.2 cm³/mol. The van der Waals surface area contributed by atoms with Crippen LogP contribution in [0.15, 0.2) is 64.9 Å². The van der Waals surface area contributed by atoms with Crippen molar-refractivity contribution in [3.8, 4) is 0 Å². The largest absolute Gasteiger partial charge is 0.240 e. The number of benzene rings is 2. The maximum Gasteiger partial charge on any atom is 0.240 e. The van der Waals surface area contributed by atoms with Gasteiger partial charge in [0, 0.05) is 11.4 Å². The molecule has 3 rings (SSSR count). The topological polar surface area (TPSA) is 46.2 Å². The van der Waals surface area contributed by atoms with Crippen molar-refractivity contribution in [1.82, 2.24) is 4.72 Å². The zero-order valence-electron chi connectivity index (χ0n) is 11.3. The zero-order valence-corrected chi connectivity index (χ0v) is 13.0. The van der Waals surface area contributed by atoms with E-state index in [9.17, 15) is 8.42 Å². The minimum atomic E-state index is -3.45. The summed E-state index contributed by atoms with van der Waals surface area (Å²) in [6.45, 7) is 0.412. The number of hydrogen-bond acceptors (Lipinski definition) is 3. The van der Waals surface area contributed by atoms with Crippen LogP contribution in [-0.2, 0) is 16.4 Å². The lowest BCUT2D eigenvalue weighted by atomic mass is 10.1. The fraction of sp³-hybridized carbons (Fsp3) is 0.125. The van der Waals surface area contributed by atoms with Gasteiger partial charge in [0.15, 0.2) is 0 Å². The van der Waals surface area contributed by atoms with E-state index >= 15 is 0 Å². The molecule has 1 N–H and O–H groups in total. The highest BCUT2D eigenvalue weighted by atomic mass is 32.2. The van der Waals surface area contributed by atoms with E-state index < -0.39 is 10.0 Å². The second-order valence-electron chi connectivity index (χ2n) is 4.74. The van der Waals surface area contributed by atoms with Crippen LogP contribution in [0.5, 0.6) is 0 Å². The average Bonchev–Trinajstić information content (AvgIpc) is 3.00. The number of thiophene rings is 1. The highest BCUT2D eigenvalue weighted by Crippen LogP contribution is 2.19. The molecule has 2 aromatic carbocycles. The Balaban J connectivity index is 1.76. The Morgan fingerprint density at radius 3 is 2.52 bits per heavy atom. The molecule has 3 aromatic rings. The minimum Gasteiger partial charge on any atom is -0.211 e. The van der Waals surface area contributed by atoms with Crippen LogP contribution in [0.4, 0.5) is 0 Å². The normalized spacial score (nSPS) is 11.8. The van der Waals surface area contributed by atoms with Crippen LogP contribution < -0.4 is 4.72 Å². The second kappa shape index (κ2) is 5.97. The van der Waals surface area contributed by atoms with Gasteiger partial charge in [0.2, 0.25) is 10.0 Å². The molecular weight excluding hydrogens is 302 g/mol. The van der Waals surface area contributed by atoms with Crippen molar-refractivity contribution in [3.63, 3.8) is 0 Å². The predicted octanol–water partition coefficient (Wildman–Crippen LogP) is 3.42. The van der Waals surface area contributed by atoms with Crippen LogP contribution >= 0.6 is 11.3 Å². The van der Waals surface area contributed by atoms with E-state index in [4.69, 9.17) is 0 Å². The van der Waals surface area contributed by atoms with Crippen LogP contribution in [0.3, 0.4) is 0 Å². The lowest BCUT2D eigenvalue weighted by Crippen LogP contribution is -2.25. The molecule has 1 aromatic heterocycles. The molecule has 108 valence electrons. The molecule has 0 amide bonds. The number of hydrogen-bond donors (Lipinski definition) is 1. The number of nitrogens with one attached hydrogen (secondary N) is 1. The quantitative estimate of drug-likeness (QED) is 0.784. The molecule has 0 saturated heterocycles. The van der Waals surface area contributed by atoms with Gasteiger partial charge >= 0.3 is 0 Å². The fourth-order valence-corrected chi connectivity index (χ4v) is 3.96. The van der Waals surface area contributed by atoms with Crippen LogP contribution in [0.25, 0.3) is 10.8 Å². The summed E-state index contributed by atoms with van der Waals surface area (Å²) in [7, 11) is -3.45. The van der Waals surface area contributed by atoms with Gasteiger partial charge in [-0.05, 0) is 40.8 Å². The van der Waals surface area contributed by atoms with Gasteiger partial charge in [-0.2, -0.15) is 0 Å². The van der Waals surface area contributed by atoms with E-state index in [2.05, 4.69) is 4.72 Å². The average molecular weight is 317 g/mol. The number of fused-ring (bicyclic) bond motifs is 1.